The second-order valence-corrected chi connectivity index (χ2v) is 8.07. The Morgan fingerprint density at radius 3 is 2.87 bits per heavy atom. The summed E-state index contributed by atoms with van der Waals surface area (Å²) in [5, 5.41) is 16.9. The van der Waals surface area contributed by atoms with Gasteiger partial charge in [-0.25, -0.2) is 4.98 Å². The number of nitrogens with zero attached hydrogens (tertiary/aromatic N) is 2. The Bertz CT molecular complexity index is 651. The Morgan fingerprint density at radius 2 is 2.26 bits per heavy atom. The van der Waals surface area contributed by atoms with Crippen LogP contribution in [0.1, 0.15) is 60.8 Å². The molecule has 3 rings (SSSR count). The van der Waals surface area contributed by atoms with Crippen molar-refractivity contribution in [2.24, 2.45) is 0 Å². The van der Waals surface area contributed by atoms with Crippen LogP contribution in [0.25, 0.3) is 0 Å². The van der Waals surface area contributed by atoms with E-state index in [9.17, 15) is 9.90 Å². The molecule has 0 radical (unpaired) electrons. The lowest BCUT2D eigenvalue weighted by atomic mass is 9.96. The number of aliphatic carboxylic acids is 1. The SMILES string of the molecule is CC(C)c1csc(C2CCCN(C(C(=O)O)c3ccsc3)C2)n1. The summed E-state index contributed by atoms with van der Waals surface area (Å²) in [6.45, 7) is 5.93. The molecule has 2 aromatic heterocycles. The molecule has 4 nitrogen and oxygen atoms in total. The lowest BCUT2D eigenvalue weighted by Gasteiger charge is -2.35. The Hall–Kier alpha value is -1.24. The largest absolute Gasteiger partial charge is 0.480 e. The molecule has 0 aliphatic carbocycles. The second kappa shape index (κ2) is 7.11. The maximum atomic E-state index is 11.8. The fraction of sp³-hybridized carbons (Fsp3) is 0.529. The molecular formula is C17H22N2O2S2. The number of piperidine rings is 1. The Morgan fingerprint density at radius 1 is 1.43 bits per heavy atom. The van der Waals surface area contributed by atoms with Gasteiger partial charge in [-0.3, -0.25) is 9.69 Å². The number of hydrogen-bond acceptors (Lipinski definition) is 5. The summed E-state index contributed by atoms with van der Waals surface area (Å²) in [7, 11) is 0. The van der Waals surface area contributed by atoms with Gasteiger partial charge in [0.25, 0.3) is 0 Å². The first-order valence-electron chi connectivity index (χ1n) is 8.00. The molecule has 1 saturated heterocycles. The van der Waals surface area contributed by atoms with Crippen LogP contribution >= 0.6 is 22.7 Å². The van der Waals surface area contributed by atoms with Gasteiger partial charge >= 0.3 is 5.97 Å². The molecule has 124 valence electrons. The van der Waals surface area contributed by atoms with Gasteiger partial charge in [-0.15, -0.1) is 11.3 Å². The van der Waals surface area contributed by atoms with Crippen molar-refractivity contribution in [2.45, 2.75) is 44.6 Å². The Balaban J connectivity index is 1.77. The van der Waals surface area contributed by atoms with Crippen LogP contribution in [0.4, 0.5) is 0 Å². The van der Waals surface area contributed by atoms with Crippen molar-refractivity contribution in [2.75, 3.05) is 13.1 Å². The molecule has 2 aromatic rings. The molecule has 0 aromatic carbocycles. The Kier molecular flexibility index (Phi) is 5.14. The predicted molar refractivity (Wildman–Crippen MR) is 94.4 cm³/mol. The summed E-state index contributed by atoms with van der Waals surface area (Å²) >= 11 is 3.27. The minimum absolute atomic E-state index is 0.349. The third-order valence-corrected chi connectivity index (χ3v) is 6.12. The molecular weight excluding hydrogens is 328 g/mol. The van der Waals surface area contributed by atoms with Crippen LogP contribution in [-0.4, -0.2) is 34.0 Å². The highest BCUT2D eigenvalue weighted by Gasteiger charge is 2.33. The van der Waals surface area contributed by atoms with Gasteiger partial charge in [-0.2, -0.15) is 11.3 Å². The summed E-state index contributed by atoms with van der Waals surface area (Å²) in [4.78, 5) is 18.7. The van der Waals surface area contributed by atoms with Crippen LogP contribution in [-0.2, 0) is 4.79 Å². The third kappa shape index (κ3) is 3.65. The van der Waals surface area contributed by atoms with E-state index in [0.717, 1.165) is 42.2 Å². The Labute approximate surface area is 144 Å². The van der Waals surface area contributed by atoms with Gasteiger partial charge in [0.15, 0.2) is 0 Å². The van der Waals surface area contributed by atoms with Crippen molar-refractivity contribution in [3.05, 3.63) is 38.5 Å². The smallest absolute Gasteiger partial charge is 0.325 e. The van der Waals surface area contributed by atoms with E-state index in [1.807, 2.05) is 16.8 Å². The molecule has 1 N–H and O–H groups in total. The molecule has 0 saturated carbocycles. The summed E-state index contributed by atoms with van der Waals surface area (Å²) in [6, 6.07) is 1.39. The maximum Gasteiger partial charge on any atom is 0.325 e. The van der Waals surface area contributed by atoms with Crippen molar-refractivity contribution in [3.63, 3.8) is 0 Å². The van der Waals surface area contributed by atoms with Crippen LogP contribution in [0.15, 0.2) is 22.2 Å². The summed E-state index contributed by atoms with van der Waals surface area (Å²) in [5.41, 5.74) is 2.04. The number of carboxylic acids is 1. The minimum Gasteiger partial charge on any atom is -0.480 e. The van der Waals surface area contributed by atoms with Crippen molar-refractivity contribution < 1.29 is 9.90 Å². The van der Waals surface area contributed by atoms with Crippen LogP contribution < -0.4 is 0 Å². The number of rotatable bonds is 5. The van der Waals surface area contributed by atoms with Gasteiger partial charge in [0.1, 0.15) is 6.04 Å². The number of carbonyl (C=O) groups is 1. The molecule has 3 heterocycles. The van der Waals surface area contributed by atoms with Crippen LogP contribution in [0.2, 0.25) is 0 Å². The molecule has 0 amide bonds. The molecule has 1 fully saturated rings. The average molecular weight is 351 g/mol. The lowest BCUT2D eigenvalue weighted by Crippen LogP contribution is -2.40. The molecule has 6 heteroatoms. The summed E-state index contributed by atoms with van der Waals surface area (Å²) in [6.07, 6.45) is 2.12. The highest BCUT2D eigenvalue weighted by Crippen LogP contribution is 2.35. The van der Waals surface area contributed by atoms with E-state index in [-0.39, 0.29) is 0 Å². The third-order valence-electron chi connectivity index (χ3n) is 4.39. The number of hydrogen-bond donors (Lipinski definition) is 1. The van der Waals surface area contributed by atoms with Crippen LogP contribution in [0, 0.1) is 0 Å². The molecule has 2 atom stereocenters. The van der Waals surface area contributed by atoms with Crippen LogP contribution in [0.5, 0.6) is 0 Å². The maximum absolute atomic E-state index is 11.8. The van der Waals surface area contributed by atoms with E-state index in [1.165, 1.54) is 0 Å². The monoisotopic (exact) mass is 350 g/mol. The highest BCUT2D eigenvalue weighted by atomic mass is 32.1. The van der Waals surface area contributed by atoms with Crippen molar-refractivity contribution >= 4 is 28.6 Å². The standard InChI is InChI=1S/C17H22N2O2S2/c1-11(2)14-10-23-16(18-14)12-4-3-6-19(8-12)15(17(20)21)13-5-7-22-9-13/h5,7,9-12,15H,3-4,6,8H2,1-2H3,(H,20,21). The van der Waals surface area contributed by atoms with E-state index >= 15 is 0 Å². The summed E-state index contributed by atoms with van der Waals surface area (Å²) < 4.78 is 0. The lowest BCUT2D eigenvalue weighted by molar-refractivity contribution is -0.144. The fourth-order valence-corrected chi connectivity index (χ4v) is 4.92. The van der Waals surface area contributed by atoms with Gasteiger partial charge in [0, 0.05) is 17.8 Å². The van der Waals surface area contributed by atoms with Gasteiger partial charge in [-0.1, -0.05) is 13.8 Å². The molecule has 0 spiro atoms. The second-order valence-electron chi connectivity index (χ2n) is 6.40. The zero-order chi connectivity index (χ0) is 16.4. The van der Waals surface area contributed by atoms with Crippen LogP contribution in [0.3, 0.4) is 0 Å². The number of aromatic nitrogens is 1. The molecule has 1 aliphatic rings. The fourth-order valence-electron chi connectivity index (χ4n) is 3.14. The molecule has 23 heavy (non-hydrogen) atoms. The average Bonchev–Trinajstić information content (AvgIpc) is 3.19. The van der Waals surface area contributed by atoms with E-state index in [0.29, 0.717) is 11.8 Å². The number of thiazole rings is 1. The first-order chi connectivity index (χ1) is 11.1. The van der Waals surface area contributed by atoms with Crippen molar-refractivity contribution in [1.82, 2.24) is 9.88 Å². The normalized spacial score (nSPS) is 20.7. The molecule has 2 unspecified atom stereocenters. The number of thiophene rings is 1. The van der Waals surface area contributed by atoms with Crippen molar-refractivity contribution in [1.29, 1.82) is 0 Å². The van der Waals surface area contributed by atoms with Gasteiger partial charge < -0.3 is 5.11 Å². The zero-order valence-electron chi connectivity index (χ0n) is 13.4. The molecule has 1 aliphatic heterocycles. The number of carboxylic acid groups (broad SMARTS) is 1. The highest BCUT2D eigenvalue weighted by molar-refractivity contribution is 7.09. The van der Waals surface area contributed by atoms with Gasteiger partial charge in [-0.05, 0) is 47.7 Å². The number of likely N-dealkylation sites (tertiary alicyclic amines) is 1. The minimum atomic E-state index is -0.758. The van der Waals surface area contributed by atoms with E-state index in [1.54, 1.807) is 22.7 Å². The van der Waals surface area contributed by atoms with E-state index < -0.39 is 12.0 Å². The van der Waals surface area contributed by atoms with Crippen molar-refractivity contribution in [3.8, 4) is 0 Å². The zero-order valence-corrected chi connectivity index (χ0v) is 15.1. The summed E-state index contributed by atoms with van der Waals surface area (Å²) in [5.74, 6) is 0.0325. The topological polar surface area (TPSA) is 53.4 Å². The quantitative estimate of drug-likeness (QED) is 0.872. The first-order valence-corrected chi connectivity index (χ1v) is 9.82. The van der Waals surface area contributed by atoms with E-state index in [2.05, 4.69) is 24.1 Å². The molecule has 0 bridgehead atoms. The predicted octanol–water partition coefficient (Wildman–Crippen LogP) is 4.33. The van der Waals surface area contributed by atoms with Gasteiger partial charge in [0.05, 0.1) is 10.7 Å². The first kappa shape index (κ1) is 16.6. The van der Waals surface area contributed by atoms with E-state index in [4.69, 9.17) is 4.98 Å². The van der Waals surface area contributed by atoms with Gasteiger partial charge in [0.2, 0.25) is 0 Å².